The van der Waals surface area contributed by atoms with Crippen molar-refractivity contribution in [2.24, 2.45) is 0 Å². The van der Waals surface area contributed by atoms with E-state index in [1.54, 1.807) is 6.07 Å². The topological polar surface area (TPSA) is 25.2 Å². The predicted molar refractivity (Wildman–Crippen MR) is 83.1 cm³/mol. The molecule has 0 aliphatic rings. The first-order valence-corrected chi connectivity index (χ1v) is 7.23. The molecule has 0 saturated carbocycles. The van der Waals surface area contributed by atoms with Crippen molar-refractivity contribution in [1.29, 1.82) is 0 Å². The van der Waals surface area contributed by atoms with Crippen molar-refractivity contribution in [3.63, 3.8) is 0 Å². The van der Waals surface area contributed by atoms with E-state index in [1.807, 2.05) is 37.3 Å². The lowest BCUT2D eigenvalue weighted by atomic mass is 10.0. The van der Waals surface area contributed by atoms with Crippen LogP contribution in [-0.4, -0.2) is 6.54 Å². The number of benzene rings is 2. The van der Waals surface area contributed by atoms with E-state index in [0.29, 0.717) is 5.02 Å². The van der Waals surface area contributed by atoms with Crippen LogP contribution in [0.1, 0.15) is 24.3 Å². The molecule has 0 saturated heterocycles. The molecule has 0 aliphatic heterocycles. The van der Waals surface area contributed by atoms with Crippen molar-refractivity contribution in [1.82, 2.24) is 5.32 Å². The first-order chi connectivity index (χ1) is 10.2. The summed E-state index contributed by atoms with van der Waals surface area (Å²) in [5.41, 5.74) is 1.63. The Labute approximate surface area is 127 Å². The summed E-state index contributed by atoms with van der Waals surface area (Å²) in [7, 11) is 0. The van der Waals surface area contributed by atoms with Crippen LogP contribution in [0, 0.1) is 5.82 Å². The molecule has 1 aromatic heterocycles. The number of hydrogen-bond acceptors (Lipinski definition) is 2. The van der Waals surface area contributed by atoms with E-state index < -0.39 is 0 Å². The Morgan fingerprint density at radius 1 is 1.19 bits per heavy atom. The van der Waals surface area contributed by atoms with Gasteiger partial charge in [-0.05, 0) is 36.4 Å². The first-order valence-electron chi connectivity index (χ1n) is 6.86. The van der Waals surface area contributed by atoms with Gasteiger partial charge in [-0.2, -0.15) is 0 Å². The van der Waals surface area contributed by atoms with E-state index in [0.717, 1.165) is 28.8 Å². The molecule has 1 heterocycles. The van der Waals surface area contributed by atoms with Gasteiger partial charge in [0.05, 0.1) is 6.04 Å². The van der Waals surface area contributed by atoms with Crippen LogP contribution < -0.4 is 5.32 Å². The Bertz CT molecular complexity index is 735. The van der Waals surface area contributed by atoms with E-state index in [9.17, 15) is 4.39 Å². The molecule has 3 aromatic rings. The Morgan fingerprint density at radius 3 is 2.71 bits per heavy atom. The summed E-state index contributed by atoms with van der Waals surface area (Å²) < 4.78 is 19.1. The van der Waals surface area contributed by atoms with Crippen LogP contribution in [0.3, 0.4) is 0 Å². The van der Waals surface area contributed by atoms with Crippen LogP contribution in [0.5, 0.6) is 0 Å². The van der Waals surface area contributed by atoms with Crippen molar-refractivity contribution in [2.75, 3.05) is 6.54 Å². The molecular weight excluding hydrogens is 289 g/mol. The molecule has 108 valence electrons. The zero-order chi connectivity index (χ0) is 14.8. The minimum atomic E-state index is -0.344. The number of furan rings is 1. The van der Waals surface area contributed by atoms with Gasteiger partial charge in [-0.15, -0.1) is 0 Å². The fraction of sp³-hybridized carbons (Fsp3) is 0.176. The van der Waals surface area contributed by atoms with Crippen molar-refractivity contribution >= 4 is 22.6 Å². The van der Waals surface area contributed by atoms with Crippen LogP contribution >= 0.6 is 11.6 Å². The highest BCUT2D eigenvalue weighted by atomic mass is 35.5. The van der Waals surface area contributed by atoms with Gasteiger partial charge in [0.1, 0.15) is 17.2 Å². The van der Waals surface area contributed by atoms with Crippen molar-refractivity contribution < 1.29 is 8.81 Å². The standard InChI is InChI=1S/C17H15ClFNO/c1-2-20-17(13-8-7-12(19)10-14(13)18)16-9-11-5-3-4-6-15(11)21-16/h3-10,17,20H,2H2,1H3. The Balaban J connectivity index is 2.08. The third-order valence-corrected chi connectivity index (χ3v) is 3.74. The van der Waals surface area contributed by atoms with Crippen molar-refractivity contribution in [3.05, 3.63) is 70.7 Å². The normalized spacial score (nSPS) is 12.7. The Kier molecular flexibility index (Phi) is 3.95. The molecular formula is C17H15ClFNO. The SMILES string of the molecule is CCNC(c1cc2ccccc2o1)c1ccc(F)cc1Cl. The highest BCUT2D eigenvalue weighted by molar-refractivity contribution is 6.31. The van der Waals surface area contributed by atoms with E-state index in [1.165, 1.54) is 12.1 Å². The summed E-state index contributed by atoms with van der Waals surface area (Å²) >= 11 is 6.19. The molecule has 0 spiro atoms. The lowest BCUT2D eigenvalue weighted by Crippen LogP contribution is -2.21. The average Bonchev–Trinajstić information content (AvgIpc) is 2.89. The van der Waals surface area contributed by atoms with Gasteiger partial charge in [-0.25, -0.2) is 4.39 Å². The van der Waals surface area contributed by atoms with Gasteiger partial charge >= 0.3 is 0 Å². The molecule has 1 atom stereocenters. The molecule has 1 unspecified atom stereocenters. The van der Waals surface area contributed by atoms with Gasteiger partial charge < -0.3 is 9.73 Å². The molecule has 4 heteroatoms. The lowest BCUT2D eigenvalue weighted by molar-refractivity contribution is 0.476. The predicted octanol–water partition coefficient (Wildman–Crippen LogP) is 4.92. The van der Waals surface area contributed by atoms with Crippen LogP contribution in [-0.2, 0) is 0 Å². The number of nitrogens with one attached hydrogen (secondary N) is 1. The fourth-order valence-corrected chi connectivity index (χ4v) is 2.72. The number of rotatable bonds is 4. The van der Waals surface area contributed by atoms with E-state index in [4.69, 9.17) is 16.0 Å². The molecule has 0 amide bonds. The van der Waals surface area contributed by atoms with Crippen LogP contribution in [0.25, 0.3) is 11.0 Å². The van der Waals surface area contributed by atoms with Crippen LogP contribution in [0.4, 0.5) is 4.39 Å². The second-order valence-corrected chi connectivity index (χ2v) is 5.25. The Hall–Kier alpha value is -1.84. The maximum absolute atomic E-state index is 13.2. The maximum Gasteiger partial charge on any atom is 0.134 e. The van der Waals surface area contributed by atoms with Gasteiger partial charge in [-0.3, -0.25) is 0 Å². The van der Waals surface area contributed by atoms with Gasteiger partial charge in [0.2, 0.25) is 0 Å². The summed E-state index contributed by atoms with van der Waals surface area (Å²) in [6, 6.07) is 14.0. The smallest absolute Gasteiger partial charge is 0.134 e. The average molecular weight is 304 g/mol. The number of fused-ring (bicyclic) bond motifs is 1. The lowest BCUT2D eigenvalue weighted by Gasteiger charge is -2.17. The van der Waals surface area contributed by atoms with E-state index in [-0.39, 0.29) is 11.9 Å². The molecule has 3 rings (SSSR count). The largest absolute Gasteiger partial charge is 0.459 e. The third-order valence-electron chi connectivity index (χ3n) is 3.41. The second kappa shape index (κ2) is 5.88. The van der Waals surface area contributed by atoms with E-state index in [2.05, 4.69) is 5.32 Å². The summed E-state index contributed by atoms with van der Waals surface area (Å²) in [5, 5.41) is 4.76. The molecule has 1 N–H and O–H groups in total. The summed E-state index contributed by atoms with van der Waals surface area (Å²) in [5.74, 6) is 0.426. The van der Waals surface area contributed by atoms with Crippen LogP contribution in [0.2, 0.25) is 5.02 Å². The molecule has 2 nitrogen and oxygen atoms in total. The third kappa shape index (κ3) is 2.80. The molecule has 0 aliphatic carbocycles. The van der Waals surface area contributed by atoms with Gasteiger partial charge in [0.15, 0.2) is 0 Å². The minimum Gasteiger partial charge on any atom is -0.459 e. The quantitative estimate of drug-likeness (QED) is 0.739. The van der Waals surface area contributed by atoms with E-state index >= 15 is 0 Å². The minimum absolute atomic E-state index is 0.199. The summed E-state index contributed by atoms with van der Waals surface area (Å²) in [6.07, 6.45) is 0. The Morgan fingerprint density at radius 2 is 2.00 bits per heavy atom. The number of hydrogen-bond donors (Lipinski definition) is 1. The first kappa shape index (κ1) is 14.1. The number of halogens is 2. The monoisotopic (exact) mass is 303 g/mol. The zero-order valence-corrected chi connectivity index (χ0v) is 12.3. The molecule has 0 radical (unpaired) electrons. The van der Waals surface area contributed by atoms with Gasteiger partial charge in [0, 0.05) is 10.4 Å². The zero-order valence-electron chi connectivity index (χ0n) is 11.6. The highest BCUT2D eigenvalue weighted by Gasteiger charge is 2.20. The second-order valence-electron chi connectivity index (χ2n) is 4.84. The van der Waals surface area contributed by atoms with Crippen molar-refractivity contribution in [2.45, 2.75) is 13.0 Å². The molecule has 0 fully saturated rings. The van der Waals surface area contributed by atoms with Crippen LogP contribution in [0.15, 0.2) is 52.9 Å². The molecule has 0 bridgehead atoms. The van der Waals surface area contributed by atoms with Gasteiger partial charge in [-0.1, -0.05) is 42.8 Å². The van der Waals surface area contributed by atoms with Crippen molar-refractivity contribution in [3.8, 4) is 0 Å². The van der Waals surface area contributed by atoms with Gasteiger partial charge in [0.25, 0.3) is 0 Å². The summed E-state index contributed by atoms with van der Waals surface area (Å²) in [4.78, 5) is 0. The highest BCUT2D eigenvalue weighted by Crippen LogP contribution is 2.32. The number of para-hydroxylation sites is 1. The summed E-state index contributed by atoms with van der Waals surface area (Å²) in [6.45, 7) is 2.75. The molecule has 21 heavy (non-hydrogen) atoms. The molecule has 2 aromatic carbocycles. The fourth-order valence-electron chi connectivity index (χ4n) is 2.45. The maximum atomic E-state index is 13.2.